The van der Waals surface area contributed by atoms with Crippen LogP contribution in [0.4, 0.5) is 11.4 Å². The quantitative estimate of drug-likeness (QED) is 0.830. The van der Waals surface area contributed by atoms with Crippen molar-refractivity contribution in [1.82, 2.24) is 4.90 Å². The number of hydrogen-bond donors (Lipinski definition) is 2. The van der Waals surface area contributed by atoms with Crippen molar-refractivity contribution < 1.29 is 9.59 Å². The normalized spacial score (nSPS) is 10.3. The molecule has 24 heavy (non-hydrogen) atoms. The summed E-state index contributed by atoms with van der Waals surface area (Å²) in [6.45, 7) is 6.13. The van der Waals surface area contributed by atoms with E-state index in [1.807, 2.05) is 39.0 Å². The van der Waals surface area contributed by atoms with Crippen molar-refractivity contribution in [2.24, 2.45) is 0 Å². The van der Waals surface area contributed by atoms with Crippen molar-refractivity contribution >= 4 is 23.2 Å². The van der Waals surface area contributed by atoms with Crippen molar-refractivity contribution in [3.8, 4) is 0 Å². The molecule has 126 valence electrons. The predicted octanol–water partition coefficient (Wildman–Crippen LogP) is 2.99. The highest BCUT2D eigenvalue weighted by Gasteiger charge is 2.19. The Morgan fingerprint density at radius 2 is 1.67 bits per heavy atom. The van der Waals surface area contributed by atoms with Crippen LogP contribution >= 0.6 is 0 Å². The van der Waals surface area contributed by atoms with Gasteiger partial charge in [-0.25, -0.2) is 0 Å². The number of rotatable bonds is 5. The fraction of sp³-hybridized carbons (Fsp3) is 0.263. The van der Waals surface area contributed by atoms with Crippen LogP contribution in [0.5, 0.6) is 0 Å². The third kappa shape index (κ3) is 3.93. The molecule has 0 heterocycles. The Morgan fingerprint density at radius 3 is 2.25 bits per heavy atom. The van der Waals surface area contributed by atoms with Crippen LogP contribution in [-0.2, 0) is 4.79 Å². The van der Waals surface area contributed by atoms with E-state index >= 15 is 0 Å². The van der Waals surface area contributed by atoms with Gasteiger partial charge in [0.05, 0.1) is 5.56 Å². The lowest BCUT2D eigenvalue weighted by Gasteiger charge is -2.22. The van der Waals surface area contributed by atoms with Crippen LogP contribution in [0.15, 0.2) is 42.5 Å². The first kappa shape index (κ1) is 17.5. The SMILES string of the molecule is CCN(CC(=O)Nc1c(C)cccc1C)C(=O)c1ccccc1N. The van der Waals surface area contributed by atoms with Crippen LogP contribution in [-0.4, -0.2) is 29.8 Å². The third-order valence-corrected chi connectivity index (χ3v) is 3.94. The van der Waals surface area contributed by atoms with Crippen molar-refractivity contribution in [3.63, 3.8) is 0 Å². The average molecular weight is 325 g/mol. The Morgan fingerprint density at radius 1 is 1.04 bits per heavy atom. The maximum absolute atomic E-state index is 12.6. The second-order valence-corrected chi connectivity index (χ2v) is 5.72. The van der Waals surface area contributed by atoms with Crippen LogP contribution in [0.1, 0.15) is 28.4 Å². The van der Waals surface area contributed by atoms with E-state index in [-0.39, 0.29) is 18.4 Å². The number of aryl methyl sites for hydroxylation is 2. The third-order valence-electron chi connectivity index (χ3n) is 3.94. The van der Waals surface area contributed by atoms with E-state index in [4.69, 9.17) is 5.73 Å². The molecule has 0 fully saturated rings. The first-order valence-corrected chi connectivity index (χ1v) is 7.94. The summed E-state index contributed by atoms with van der Waals surface area (Å²) in [5.41, 5.74) is 9.47. The molecule has 2 aromatic carbocycles. The number of amides is 2. The van der Waals surface area contributed by atoms with Crippen molar-refractivity contribution in [1.29, 1.82) is 0 Å². The maximum Gasteiger partial charge on any atom is 0.256 e. The van der Waals surface area contributed by atoms with E-state index in [2.05, 4.69) is 5.32 Å². The van der Waals surface area contributed by atoms with Gasteiger partial charge in [0.2, 0.25) is 5.91 Å². The second kappa shape index (κ2) is 7.64. The largest absolute Gasteiger partial charge is 0.398 e. The fourth-order valence-corrected chi connectivity index (χ4v) is 2.55. The number of nitrogens with two attached hydrogens (primary N) is 1. The Bertz CT molecular complexity index is 736. The number of nitrogen functional groups attached to an aromatic ring is 1. The first-order valence-electron chi connectivity index (χ1n) is 7.94. The van der Waals surface area contributed by atoms with Crippen LogP contribution in [0.25, 0.3) is 0 Å². The van der Waals surface area contributed by atoms with Gasteiger partial charge in [-0.3, -0.25) is 9.59 Å². The van der Waals surface area contributed by atoms with Gasteiger partial charge in [-0.1, -0.05) is 30.3 Å². The smallest absolute Gasteiger partial charge is 0.256 e. The van der Waals surface area contributed by atoms with E-state index in [0.29, 0.717) is 17.8 Å². The molecule has 3 N–H and O–H groups in total. The number of carbonyl (C=O) groups excluding carboxylic acids is 2. The number of anilines is 2. The first-order chi connectivity index (χ1) is 11.4. The van der Waals surface area contributed by atoms with Crippen LogP contribution in [0.2, 0.25) is 0 Å². The van der Waals surface area contributed by atoms with Gasteiger partial charge in [-0.2, -0.15) is 0 Å². The highest BCUT2D eigenvalue weighted by atomic mass is 16.2. The van der Waals surface area contributed by atoms with E-state index in [1.165, 1.54) is 4.90 Å². The molecule has 5 heteroatoms. The molecule has 0 radical (unpaired) electrons. The summed E-state index contributed by atoms with van der Waals surface area (Å²) in [7, 11) is 0. The maximum atomic E-state index is 12.6. The minimum absolute atomic E-state index is 0.0164. The van der Waals surface area contributed by atoms with Crippen LogP contribution in [0, 0.1) is 13.8 Å². The lowest BCUT2D eigenvalue weighted by molar-refractivity contribution is -0.116. The van der Waals surface area contributed by atoms with E-state index in [9.17, 15) is 9.59 Å². The number of nitrogens with one attached hydrogen (secondary N) is 1. The molecule has 2 aromatic rings. The number of hydrogen-bond acceptors (Lipinski definition) is 3. The number of likely N-dealkylation sites (N-methyl/N-ethyl adjacent to an activating group) is 1. The van der Waals surface area contributed by atoms with Gasteiger partial charge >= 0.3 is 0 Å². The van der Waals surface area contributed by atoms with Gasteiger partial charge in [0.1, 0.15) is 6.54 Å². The minimum Gasteiger partial charge on any atom is -0.398 e. The molecule has 2 amide bonds. The van der Waals surface area contributed by atoms with Gasteiger partial charge < -0.3 is 16.0 Å². The number of benzene rings is 2. The zero-order chi connectivity index (χ0) is 17.7. The molecule has 5 nitrogen and oxygen atoms in total. The summed E-state index contributed by atoms with van der Waals surface area (Å²) in [5, 5.41) is 2.90. The standard InChI is InChI=1S/C19H23N3O2/c1-4-22(19(24)15-10-5-6-11-16(15)20)12-17(23)21-18-13(2)8-7-9-14(18)3/h5-11H,4,12,20H2,1-3H3,(H,21,23). The molecule has 0 bridgehead atoms. The van der Waals surface area contributed by atoms with Gasteiger partial charge in [-0.15, -0.1) is 0 Å². The second-order valence-electron chi connectivity index (χ2n) is 5.72. The lowest BCUT2D eigenvalue weighted by Crippen LogP contribution is -2.38. The molecule has 0 spiro atoms. The predicted molar refractivity (Wildman–Crippen MR) is 97.0 cm³/mol. The van der Waals surface area contributed by atoms with Crippen LogP contribution < -0.4 is 11.1 Å². The molecule has 0 aliphatic heterocycles. The summed E-state index contributed by atoms with van der Waals surface area (Å²) in [6, 6.07) is 12.7. The van der Waals surface area contributed by atoms with E-state index < -0.39 is 0 Å². The number of nitrogens with zero attached hydrogens (tertiary/aromatic N) is 1. The van der Waals surface area contributed by atoms with Gasteiger partial charge in [0.25, 0.3) is 5.91 Å². The van der Waals surface area contributed by atoms with Gasteiger partial charge in [0.15, 0.2) is 0 Å². The Balaban J connectivity index is 2.11. The fourth-order valence-electron chi connectivity index (χ4n) is 2.55. The minimum atomic E-state index is -0.243. The summed E-state index contributed by atoms with van der Waals surface area (Å²) in [5.74, 6) is -0.468. The number of carbonyl (C=O) groups is 2. The molecule has 2 rings (SSSR count). The van der Waals surface area contributed by atoms with Gasteiger partial charge in [0, 0.05) is 17.9 Å². The highest BCUT2D eigenvalue weighted by Crippen LogP contribution is 2.19. The zero-order valence-electron chi connectivity index (χ0n) is 14.3. The molecule has 0 aliphatic carbocycles. The van der Waals surface area contributed by atoms with Crippen LogP contribution in [0.3, 0.4) is 0 Å². The molecular weight excluding hydrogens is 302 g/mol. The average Bonchev–Trinajstić information content (AvgIpc) is 2.56. The molecule has 0 aliphatic rings. The molecule has 0 unspecified atom stereocenters. The zero-order valence-corrected chi connectivity index (χ0v) is 14.3. The molecule has 0 saturated carbocycles. The van der Waals surface area contributed by atoms with Crippen molar-refractivity contribution in [3.05, 3.63) is 59.2 Å². The topological polar surface area (TPSA) is 75.4 Å². The number of para-hydroxylation sites is 2. The Labute approximate surface area is 142 Å². The monoisotopic (exact) mass is 325 g/mol. The van der Waals surface area contributed by atoms with E-state index in [1.54, 1.807) is 24.3 Å². The summed E-state index contributed by atoms with van der Waals surface area (Å²) in [6.07, 6.45) is 0. The Hall–Kier alpha value is -2.82. The highest BCUT2D eigenvalue weighted by molar-refractivity contribution is 6.02. The summed E-state index contributed by atoms with van der Waals surface area (Å²) < 4.78 is 0. The summed E-state index contributed by atoms with van der Waals surface area (Å²) in [4.78, 5) is 26.4. The van der Waals surface area contributed by atoms with E-state index in [0.717, 1.165) is 16.8 Å². The molecule has 0 aromatic heterocycles. The van der Waals surface area contributed by atoms with Gasteiger partial charge in [-0.05, 0) is 44.0 Å². The molecule has 0 saturated heterocycles. The molecule has 0 atom stereocenters. The van der Waals surface area contributed by atoms with Crippen molar-refractivity contribution in [2.45, 2.75) is 20.8 Å². The lowest BCUT2D eigenvalue weighted by atomic mass is 10.1. The molecular formula is C19H23N3O2. The Kier molecular flexibility index (Phi) is 5.58. The van der Waals surface area contributed by atoms with Crippen molar-refractivity contribution in [2.75, 3.05) is 24.1 Å². The summed E-state index contributed by atoms with van der Waals surface area (Å²) >= 11 is 0.